The van der Waals surface area contributed by atoms with Crippen molar-refractivity contribution in [2.24, 2.45) is 4.99 Å². The minimum atomic E-state index is 0. The lowest BCUT2D eigenvalue weighted by molar-refractivity contribution is 0.265. The number of hydrogen-bond donors (Lipinski definition) is 3. The van der Waals surface area contributed by atoms with Gasteiger partial charge in [0.15, 0.2) is 5.96 Å². The number of aliphatic hydroxyl groups is 1. The molecule has 0 aliphatic heterocycles. The van der Waals surface area contributed by atoms with Crippen LogP contribution in [0.3, 0.4) is 0 Å². The van der Waals surface area contributed by atoms with Crippen LogP contribution in [0.15, 0.2) is 53.5 Å². The largest absolute Gasteiger partial charge is 0.494 e. The monoisotopic (exact) mass is 497 g/mol. The van der Waals surface area contributed by atoms with Crippen molar-refractivity contribution < 1.29 is 9.84 Å². The zero-order valence-corrected chi connectivity index (χ0v) is 19.3. The number of nitrogens with zero attached hydrogens (tertiary/aromatic N) is 1. The summed E-state index contributed by atoms with van der Waals surface area (Å²) in [7, 11) is 0. The summed E-state index contributed by atoms with van der Waals surface area (Å²) in [5.74, 6) is 1.70. The molecule has 0 amide bonds. The van der Waals surface area contributed by atoms with E-state index in [1.807, 2.05) is 63.2 Å². The lowest BCUT2D eigenvalue weighted by atomic mass is 10.0. The topological polar surface area (TPSA) is 65.9 Å². The first kappa shape index (κ1) is 24.2. The minimum absolute atomic E-state index is 0. The van der Waals surface area contributed by atoms with Crippen molar-refractivity contribution in [1.82, 2.24) is 10.6 Å². The van der Waals surface area contributed by atoms with E-state index in [0.717, 1.165) is 34.9 Å². The highest BCUT2D eigenvalue weighted by molar-refractivity contribution is 14.0. The molecule has 0 saturated heterocycles. The molecule has 3 N–H and O–H groups in total. The number of rotatable bonds is 9. The van der Waals surface area contributed by atoms with Crippen molar-refractivity contribution in [2.45, 2.75) is 33.2 Å². The maximum absolute atomic E-state index is 9.72. The third kappa shape index (κ3) is 7.67. The van der Waals surface area contributed by atoms with Crippen molar-refractivity contribution in [3.63, 3.8) is 0 Å². The lowest BCUT2D eigenvalue weighted by Crippen LogP contribution is -2.39. The van der Waals surface area contributed by atoms with Crippen LogP contribution in [0.2, 0.25) is 0 Å². The molecule has 2 aromatic rings. The maximum atomic E-state index is 9.72. The number of benzene rings is 2. The Morgan fingerprint density at radius 2 is 1.86 bits per heavy atom. The van der Waals surface area contributed by atoms with Gasteiger partial charge < -0.3 is 20.5 Å². The normalized spacial score (nSPS) is 12.1. The molecule has 0 fully saturated rings. The molecule has 1 atom stereocenters. The summed E-state index contributed by atoms with van der Waals surface area (Å²) in [6, 6.07) is 16.2. The number of aliphatic imine (C=N–C) groups is 1. The Hall–Kier alpha value is -1.80. The quantitative estimate of drug-likeness (QED) is 0.280. The zero-order chi connectivity index (χ0) is 19.5. The van der Waals surface area contributed by atoms with Crippen LogP contribution in [-0.4, -0.2) is 37.4 Å². The molecule has 0 radical (unpaired) electrons. The van der Waals surface area contributed by atoms with Gasteiger partial charge in [-0.15, -0.1) is 24.0 Å². The third-order valence-corrected chi connectivity index (χ3v) is 4.31. The van der Waals surface area contributed by atoms with Crippen LogP contribution in [0.25, 0.3) is 0 Å². The molecule has 6 heteroatoms. The van der Waals surface area contributed by atoms with E-state index in [1.54, 1.807) is 0 Å². The second-order valence-corrected chi connectivity index (χ2v) is 6.40. The van der Waals surface area contributed by atoms with Gasteiger partial charge in [-0.25, -0.2) is 4.99 Å². The Morgan fingerprint density at radius 1 is 1.11 bits per heavy atom. The Kier molecular flexibility index (Phi) is 11.6. The summed E-state index contributed by atoms with van der Waals surface area (Å²) >= 11 is 0. The Bertz CT molecular complexity index is 723. The highest BCUT2D eigenvalue weighted by Crippen LogP contribution is 2.19. The molecule has 0 aliphatic rings. The van der Waals surface area contributed by atoms with Crippen molar-refractivity contribution in [2.75, 3.05) is 26.3 Å². The molecule has 154 valence electrons. The van der Waals surface area contributed by atoms with E-state index in [-0.39, 0.29) is 36.5 Å². The van der Waals surface area contributed by atoms with Crippen LogP contribution in [0, 0.1) is 6.92 Å². The van der Waals surface area contributed by atoms with Gasteiger partial charge >= 0.3 is 0 Å². The van der Waals surface area contributed by atoms with E-state index >= 15 is 0 Å². The number of nitrogens with one attached hydrogen (secondary N) is 2. The van der Waals surface area contributed by atoms with Crippen LogP contribution in [0.4, 0.5) is 0 Å². The molecule has 2 aromatic carbocycles. The van der Waals surface area contributed by atoms with Crippen LogP contribution in [-0.2, 0) is 6.54 Å². The van der Waals surface area contributed by atoms with Crippen molar-refractivity contribution in [1.29, 1.82) is 0 Å². The molecule has 28 heavy (non-hydrogen) atoms. The van der Waals surface area contributed by atoms with Crippen LogP contribution < -0.4 is 15.4 Å². The molecule has 0 aromatic heterocycles. The average Bonchev–Trinajstić information content (AvgIpc) is 2.69. The number of guanidine groups is 1. The Labute approximate surface area is 185 Å². The highest BCUT2D eigenvalue weighted by atomic mass is 127. The van der Waals surface area contributed by atoms with Crippen LogP contribution >= 0.6 is 24.0 Å². The number of ether oxygens (including phenoxy) is 1. The summed E-state index contributed by atoms with van der Waals surface area (Å²) in [6.07, 6.45) is 0. The number of halogens is 1. The van der Waals surface area contributed by atoms with Gasteiger partial charge in [-0.2, -0.15) is 0 Å². The van der Waals surface area contributed by atoms with Gasteiger partial charge in [-0.3, -0.25) is 0 Å². The fraction of sp³-hybridized carbons (Fsp3) is 0.409. The molecule has 0 aliphatic carbocycles. The predicted octanol–water partition coefficient (Wildman–Crippen LogP) is 3.84. The van der Waals surface area contributed by atoms with Crippen LogP contribution in [0.1, 0.15) is 36.5 Å². The van der Waals surface area contributed by atoms with Gasteiger partial charge in [-0.05, 0) is 43.5 Å². The van der Waals surface area contributed by atoms with Crippen molar-refractivity contribution in [3.8, 4) is 5.75 Å². The molecular weight excluding hydrogens is 465 g/mol. The summed E-state index contributed by atoms with van der Waals surface area (Å²) < 4.78 is 5.59. The van der Waals surface area contributed by atoms with E-state index in [1.165, 1.54) is 0 Å². The molecular formula is C22H32IN3O2. The average molecular weight is 497 g/mol. The second kappa shape index (κ2) is 13.4. The smallest absolute Gasteiger partial charge is 0.191 e. The highest BCUT2D eigenvalue weighted by Gasteiger charge is 2.11. The fourth-order valence-corrected chi connectivity index (χ4v) is 2.87. The van der Waals surface area contributed by atoms with Gasteiger partial charge in [0.2, 0.25) is 0 Å². The number of aliphatic hydroxyl groups excluding tert-OH is 1. The van der Waals surface area contributed by atoms with Gasteiger partial charge in [0.05, 0.1) is 19.8 Å². The molecule has 2 rings (SSSR count). The standard InChI is InChI=1S/C22H31N3O2.HI/c1-4-23-22(25-15-20(16-26)19-9-7-6-8-10-19)24-14-18-11-12-21(27-5-2)17(3)13-18;/h6-13,20,26H,4-5,14-16H2,1-3H3,(H2,23,24,25);1H. The zero-order valence-electron chi connectivity index (χ0n) is 16.9. The first-order valence-corrected chi connectivity index (χ1v) is 9.58. The van der Waals surface area contributed by atoms with Crippen LogP contribution in [0.5, 0.6) is 5.75 Å². The van der Waals surface area contributed by atoms with Gasteiger partial charge in [0.25, 0.3) is 0 Å². The summed E-state index contributed by atoms with van der Waals surface area (Å²) in [5, 5.41) is 16.3. The Balaban J connectivity index is 0.00000392. The second-order valence-electron chi connectivity index (χ2n) is 6.40. The summed E-state index contributed by atoms with van der Waals surface area (Å²) in [5.41, 5.74) is 3.37. The summed E-state index contributed by atoms with van der Waals surface area (Å²) in [6.45, 7) is 8.82. The Morgan fingerprint density at radius 3 is 2.46 bits per heavy atom. The minimum Gasteiger partial charge on any atom is -0.494 e. The predicted molar refractivity (Wildman–Crippen MR) is 127 cm³/mol. The van der Waals surface area contributed by atoms with Crippen molar-refractivity contribution in [3.05, 3.63) is 65.2 Å². The first-order valence-electron chi connectivity index (χ1n) is 9.58. The molecule has 0 saturated carbocycles. The van der Waals surface area contributed by atoms with E-state index in [2.05, 4.69) is 21.7 Å². The molecule has 1 unspecified atom stereocenters. The van der Waals surface area contributed by atoms with Crippen molar-refractivity contribution >= 4 is 29.9 Å². The van der Waals surface area contributed by atoms with E-state index in [4.69, 9.17) is 4.74 Å². The lowest BCUT2D eigenvalue weighted by Gasteiger charge is -2.18. The van der Waals surface area contributed by atoms with E-state index < -0.39 is 0 Å². The molecule has 0 bridgehead atoms. The third-order valence-electron chi connectivity index (χ3n) is 4.31. The number of hydrogen-bond acceptors (Lipinski definition) is 3. The maximum Gasteiger partial charge on any atom is 0.191 e. The van der Waals surface area contributed by atoms with Gasteiger partial charge in [-0.1, -0.05) is 42.5 Å². The number of aryl methyl sites for hydroxylation is 1. The molecule has 5 nitrogen and oxygen atoms in total. The van der Waals surface area contributed by atoms with E-state index in [0.29, 0.717) is 19.7 Å². The molecule has 0 heterocycles. The van der Waals surface area contributed by atoms with Gasteiger partial charge in [0.1, 0.15) is 5.75 Å². The van der Waals surface area contributed by atoms with Gasteiger partial charge in [0, 0.05) is 19.0 Å². The SMILES string of the molecule is CCNC(=NCc1ccc(OCC)c(C)c1)NCC(CO)c1ccccc1.I. The first-order chi connectivity index (χ1) is 13.2. The molecule has 0 spiro atoms. The van der Waals surface area contributed by atoms with E-state index in [9.17, 15) is 5.11 Å². The fourth-order valence-electron chi connectivity index (χ4n) is 2.87. The summed E-state index contributed by atoms with van der Waals surface area (Å²) in [4.78, 5) is 4.67.